The Hall–Kier alpha value is 0.0600. The lowest BCUT2D eigenvalue weighted by atomic mass is 10.0. The summed E-state index contributed by atoms with van der Waals surface area (Å²) in [6.07, 6.45) is 7.53. The van der Waals surface area contributed by atoms with E-state index in [-0.39, 0.29) is 6.10 Å². The van der Waals surface area contributed by atoms with Crippen LogP contribution in [-0.4, -0.2) is 16.6 Å². The highest BCUT2D eigenvalue weighted by Crippen LogP contribution is 2.44. The molecule has 3 rings (SSSR count). The lowest BCUT2D eigenvalue weighted by Crippen LogP contribution is -2.14. The van der Waals surface area contributed by atoms with E-state index < -0.39 is 0 Å². The minimum absolute atomic E-state index is 0.0367. The second kappa shape index (κ2) is 6.44. The van der Waals surface area contributed by atoms with Gasteiger partial charge in [0.2, 0.25) is 0 Å². The Kier molecular flexibility index (Phi) is 4.82. The zero-order valence-electron chi connectivity index (χ0n) is 11.7. The van der Waals surface area contributed by atoms with Gasteiger partial charge in [-0.25, -0.2) is 9.97 Å². The number of nitrogens with zero attached hydrogens (tertiary/aromatic N) is 2. The molecule has 0 spiro atoms. The molecule has 2 aliphatic carbocycles. The van der Waals surface area contributed by atoms with E-state index in [0.29, 0.717) is 23.6 Å². The number of hydrogen-bond acceptors (Lipinski definition) is 3. The SMILES string of the molecule is CCOC(c1nc(Cl)c(I)c(C2CCCC2)n1)C1CC1. The van der Waals surface area contributed by atoms with Crippen molar-refractivity contribution in [3.63, 3.8) is 0 Å². The molecule has 1 unspecified atom stereocenters. The molecule has 2 aliphatic rings. The third kappa shape index (κ3) is 3.12. The number of halogens is 2. The van der Waals surface area contributed by atoms with Crippen LogP contribution in [-0.2, 0) is 4.74 Å². The van der Waals surface area contributed by atoms with Gasteiger partial charge in [0.15, 0.2) is 5.82 Å². The number of rotatable bonds is 5. The summed E-state index contributed by atoms with van der Waals surface area (Å²) in [7, 11) is 0. The standard InChI is InChI=1S/C15H20ClIN2O/c1-2-20-13(10-7-8-10)15-18-12(9-5-3-4-6-9)11(17)14(16)19-15/h9-10,13H,2-8H2,1H3. The van der Waals surface area contributed by atoms with Crippen molar-refractivity contribution in [2.24, 2.45) is 5.92 Å². The van der Waals surface area contributed by atoms with Gasteiger partial charge in [-0.2, -0.15) is 0 Å². The maximum atomic E-state index is 6.35. The Morgan fingerprint density at radius 3 is 2.55 bits per heavy atom. The highest BCUT2D eigenvalue weighted by molar-refractivity contribution is 14.1. The molecule has 20 heavy (non-hydrogen) atoms. The van der Waals surface area contributed by atoms with Crippen LogP contribution in [0.15, 0.2) is 0 Å². The van der Waals surface area contributed by atoms with Gasteiger partial charge in [-0.1, -0.05) is 24.4 Å². The van der Waals surface area contributed by atoms with Crippen LogP contribution in [0, 0.1) is 9.49 Å². The van der Waals surface area contributed by atoms with Gasteiger partial charge < -0.3 is 4.74 Å². The fourth-order valence-electron chi connectivity index (χ4n) is 3.05. The van der Waals surface area contributed by atoms with Crippen LogP contribution in [0.5, 0.6) is 0 Å². The van der Waals surface area contributed by atoms with Crippen molar-refractivity contribution in [1.82, 2.24) is 9.97 Å². The molecule has 110 valence electrons. The van der Waals surface area contributed by atoms with Crippen LogP contribution in [0.3, 0.4) is 0 Å². The Morgan fingerprint density at radius 1 is 1.25 bits per heavy atom. The van der Waals surface area contributed by atoms with Crippen molar-refractivity contribution in [3.8, 4) is 0 Å². The van der Waals surface area contributed by atoms with Crippen LogP contribution in [0.2, 0.25) is 5.15 Å². The van der Waals surface area contributed by atoms with Crippen molar-refractivity contribution < 1.29 is 4.74 Å². The second-order valence-corrected chi connectivity index (χ2v) is 7.20. The van der Waals surface area contributed by atoms with Crippen LogP contribution >= 0.6 is 34.2 Å². The van der Waals surface area contributed by atoms with Crippen LogP contribution in [0.1, 0.15) is 69.0 Å². The summed E-state index contributed by atoms with van der Waals surface area (Å²) >= 11 is 8.64. The predicted molar refractivity (Wildman–Crippen MR) is 88.1 cm³/mol. The van der Waals surface area contributed by atoms with Crippen LogP contribution in [0.4, 0.5) is 0 Å². The second-order valence-electron chi connectivity index (χ2n) is 5.77. The minimum atomic E-state index is 0.0367. The highest BCUT2D eigenvalue weighted by atomic mass is 127. The number of ether oxygens (including phenoxy) is 1. The average molecular weight is 407 g/mol. The normalized spacial score (nSPS) is 21.4. The van der Waals surface area contributed by atoms with Gasteiger partial charge in [0.05, 0.1) is 9.26 Å². The monoisotopic (exact) mass is 406 g/mol. The van der Waals surface area contributed by atoms with Crippen molar-refractivity contribution in [2.75, 3.05) is 6.61 Å². The van der Waals surface area contributed by atoms with E-state index in [1.54, 1.807) is 0 Å². The molecular weight excluding hydrogens is 387 g/mol. The summed E-state index contributed by atoms with van der Waals surface area (Å²) in [6, 6.07) is 0. The van der Waals surface area contributed by atoms with Crippen molar-refractivity contribution in [1.29, 1.82) is 0 Å². The van der Waals surface area contributed by atoms with Gasteiger partial charge in [-0.05, 0) is 61.1 Å². The summed E-state index contributed by atoms with van der Waals surface area (Å²) < 4.78 is 6.91. The molecule has 1 atom stereocenters. The topological polar surface area (TPSA) is 35.0 Å². The van der Waals surface area contributed by atoms with E-state index in [1.165, 1.54) is 38.5 Å². The fraction of sp³-hybridized carbons (Fsp3) is 0.733. The van der Waals surface area contributed by atoms with Crippen molar-refractivity contribution >= 4 is 34.2 Å². The van der Waals surface area contributed by atoms with Gasteiger partial charge >= 0.3 is 0 Å². The Morgan fingerprint density at radius 2 is 1.95 bits per heavy atom. The molecule has 2 fully saturated rings. The molecule has 3 nitrogen and oxygen atoms in total. The molecular formula is C15H20ClIN2O. The van der Waals surface area contributed by atoms with Crippen molar-refractivity contribution in [2.45, 2.75) is 57.5 Å². The van der Waals surface area contributed by atoms with E-state index in [1.807, 2.05) is 6.92 Å². The largest absolute Gasteiger partial charge is 0.370 e. The van der Waals surface area contributed by atoms with E-state index in [9.17, 15) is 0 Å². The summed E-state index contributed by atoms with van der Waals surface area (Å²) in [5.74, 6) is 1.95. The molecule has 0 aromatic carbocycles. The first-order valence-corrected chi connectivity index (χ1v) is 9.00. The molecule has 1 aromatic heterocycles. The fourth-order valence-corrected chi connectivity index (χ4v) is 3.91. The molecule has 0 bridgehead atoms. The first-order chi connectivity index (χ1) is 9.70. The first kappa shape index (κ1) is 15.0. The molecule has 0 saturated heterocycles. The van der Waals surface area contributed by atoms with E-state index in [0.717, 1.165) is 15.1 Å². The van der Waals surface area contributed by atoms with E-state index >= 15 is 0 Å². The molecule has 2 saturated carbocycles. The van der Waals surface area contributed by atoms with E-state index in [4.69, 9.17) is 21.3 Å². The zero-order valence-corrected chi connectivity index (χ0v) is 14.7. The summed E-state index contributed by atoms with van der Waals surface area (Å²) in [5, 5.41) is 0.600. The number of hydrogen-bond donors (Lipinski definition) is 0. The highest BCUT2D eigenvalue weighted by Gasteiger charge is 2.36. The molecule has 0 aliphatic heterocycles. The lowest BCUT2D eigenvalue weighted by Gasteiger charge is -2.19. The maximum absolute atomic E-state index is 6.35. The molecule has 0 radical (unpaired) electrons. The quantitative estimate of drug-likeness (QED) is 0.516. The lowest BCUT2D eigenvalue weighted by molar-refractivity contribution is 0.0398. The molecule has 5 heteroatoms. The molecule has 1 heterocycles. The molecule has 0 amide bonds. The Labute approximate surface area is 139 Å². The third-order valence-corrected chi connectivity index (χ3v) is 5.90. The third-order valence-electron chi connectivity index (χ3n) is 4.25. The van der Waals surface area contributed by atoms with Crippen LogP contribution in [0.25, 0.3) is 0 Å². The minimum Gasteiger partial charge on any atom is -0.370 e. The van der Waals surface area contributed by atoms with Gasteiger partial charge in [-0.15, -0.1) is 0 Å². The summed E-state index contributed by atoms with van der Waals surface area (Å²) in [4.78, 5) is 9.37. The van der Waals surface area contributed by atoms with Gasteiger partial charge in [0.1, 0.15) is 11.3 Å². The summed E-state index contributed by atoms with van der Waals surface area (Å²) in [5.41, 5.74) is 1.16. The molecule has 0 N–H and O–H groups in total. The first-order valence-electron chi connectivity index (χ1n) is 7.55. The zero-order chi connectivity index (χ0) is 14.1. The smallest absolute Gasteiger partial charge is 0.159 e. The van der Waals surface area contributed by atoms with E-state index in [2.05, 4.69) is 27.6 Å². The van der Waals surface area contributed by atoms with Gasteiger partial charge in [-0.3, -0.25) is 0 Å². The van der Waals surface area contributed by atoms with Gasteiger partial charge in [0.25, 0.3) is 0 Å². The summed E-state index contributed by atoms with van der Waals surface area (Å²) in [6.45, 7) is 2.73. The Bertz CT molecular complexity index is 487. The predicted octanol–water partition coefficient (Wildman–Crippen LogP) is 4.88. The van der Waals surface area contributed by atoms with Crippen LogP contribution < -0.4 is 0 Å². The van der Waals surface area contributed by atoms with Gasteiger partial charge in [0, 0.05) is 12.5 Å². The average Bonchev–Trinajstić information content (AvgIpc) is 3.13. The Balaban J connectivity index is 1.94. The maximum Gasteiger partial charge on any atom is 0.159 e. The number of aromatic nitrogens is 2. The molecule has 1 aromatic rings. The van der Waals surface area contributed by atoms with Crippen molar-refractivity contribution in [3.05, 3.63) is 20.2 Å².